The highest BCUT2D eigenvalue weighted by atomic mass is 16.5. The van der Waals surface area contributed by atoms with E-state index >= 15 is 0 Å². The van der Waals surface area contributed by atoms with Crippen molar-refractivity contribution in [3.8, 4) is 0 Å². The number of hydrogen-bond donors (Lipinski definition) is 3. The first-order valence-electron chi connectivity index (χ1n) is 34.7. The third-order valence-electron chi connectivity index (χ3n) is 16.2. The van der Waals surface area contributed by atoms with E-state index < -0.39 is 12.1 Å². The Balaban J connectivity index is 3.37. The van der Waals surface area contributed by atoms with Crippen molar-refractivity contribution in [2.24, 2.45) is 0 Å². The van der Waals surface area contributed by atoms with Gasteiger partial charge >= 0.3 is 5.97 Å². The lowest BCUT2D eigenvalue weighted by molar-refractivity contribution is -0.143. The molecular formula is C71H135NO5. The van der Waals surface area contributed by atoms with Crippen molar-refractivity contribution in [3.05, 3.63) is 36.5 Å². The minimum absolute atomic E-state index is 0.00510. The zero-order valence-corrected chi connectivity index (χ0v) is 52.0. The lowest BCUT2D eigenvalue weighted by Gasteiger charge is -2.22. The molecule has 6 heteroatoms. The van der Waals surface area contributed by atoms with Crippen molar-refractivity contribution >= 4 is 11.9 Å². The number of rotatable bonds is 65. The van der Waals surface area contributed by atoms with Gasteiger partial charge in [0.1, 0.15) is 0 Å². The molecule has 0 bridgehead atoms. The van der Waals surface area contributed by atoms with Gasteiger partial charge in [0.05, 0.1) is 25.4 Å². The van der Waals surface area contributed by atoms with Crippen molar-refractivity contribution in [1.82, 2.24) is 5.32 Å². The van der Waals surface area contributed by atoms with Gasteiger partial charge in [0, 0.05) is 12.8 Å². The fraction of sp³-hybridized carbons (Fsp3) is 0.887. The van der Waals surface area contributed by atoms with Crippen LogP contribution in [0.5, 0.6) is 0 Å². The van der Waals surface area contributed by atoms with E-state index in [1.54, 1.807) is 0 Å². The maximum Gasteiger partial charge on any atom is 0.305 e. The standard InChI is InChI=1S/C71H135NO5/c1-3-5-7-9-11-13-15-17-40-43-47-51-55-59-63-69(74)68(67-73)72-70(75)64-60-56-52-48-44-41-37-35-33-31-29-27-25-23-21-19-18-20-22-24-26-28-30-32-34-36-38-42-46-50-54-58-62-66-77-71(76)65-61-57-53-49-45-39-16-14-12-10-8-6-4-2/h14,16,22,24,28,30,68-69,73-74H,3-13,15,17-21,23,25-27,29,31-67H2,1-2H3,(H,72,75)/b16-14-,24-22-,30-28-. The van der Waals surface area contributed by atoms with Crippen LogP contribution in [0.2, 0.25) is 0 Å². The minimum atomic E-state index is -0.662. The second-order valence-electron chi connectivity index (χ2n) is 23.9. The molecule has 2 unspecified atom stereocenters. The van der Waals surface area contributed by atoms with Crippen LogP contribution in [0.4, 0.5) is 0 Å². The second-order valence-corrected chi connectivity index (χ2v) is 23.9. The fourth-order valence-electron chi connectivity index (χ4n) is 10.8. The summed E-state index contributed by atoms with van der Waals surface area (Å²) in [7, 11) is 0. The topological polar surface area (TPSA) is 95.9 Å². The largest absolute Gasteiger partial charge is 0.466 e. The third-order valence-corrected chi connectivity index (χ3v) is 16.2. The molecule has 0 rings (SSSR count). The number of nitrogens with one attached hydrogen (secondary N) is 1. The van der Waals surface area contributed by atoms with E-state index in [0.29, 0.717) is 25.9 Å². The van der Waals surface area contributed by atoms with E-state index in [1.165, 1.54) is 295 Å². The third kappa shape index (κ3) is 63.1. The number of allylic oxidation sites excluding steroid dienone is 6. The highest BCUT2D eigenvalue weighted by molar-refractivity contribution is 5.76. The molecule has 454 valence electrons. The molecular weight excluding hydrogens is 947 g/mol. The summed E-state index contributed by atoms with van der Waals surface area (Å²) in [4.78, 5) is 24.5. The molecule has 0 saturated carbocycles. The molecule has 1 amide bonds. The summed E-state index contributed by atoms with van der Waals surface area (Å²) in [5, 5.41) is 23.3. The molecule has 2 atom stereocenters. The van der Waals surface area contributed by atoms with E-state index in [9.17, 15) is 19.8 Å². The van der Waals surface area contributed by atoms with Gasteiger partial charge in [-0.3, -0.25) is 9.59 Å². The van der Waals surface area contributed by atoms with Gasteiger partial charge in [-0.15, -0.1) is 0 Å². The highest BCUT2D eigenvalue weighted by Gasteiger charge is 2.20. The quantitative estimate of drug-likeness (QED) is 0.0320. The minimum Gasteiger partial charge on any atom is -0.466 e. The van der Waals surface area contributed by atoms with Crippen LogP contribution in [0.1, 0.15) is 380 Å². The Morgan fingerprint density at radius 3 is 1.01 bits per heavy atom. The maximum atomic E-state index is 12.5. The molecule has 0 fully saturated rings. The van der Waals surface area contributed by atoms with Crippen LogP contribution in [0.25, 0.3) is 0 Å². The van der Waals surface area contributed by atoms with Crippen molar-refractivity contribution in [2.45, 2.75) is 392 Å². The van der Waals surface area contributed by atoms with E-state index in [2.05, 4.69) is 55.6 Å². The van der Waals surface area contributed by atoms with Gasteiger partial charge in [0.25, 0.3) is 0 Å². The monoisotopic (exact) mass is 1080 g/mol. The predicted molar refractivity (Wildman–Crippen MR) is 338 cm³/mol. The Labute approximate surface area is 481 Å². The normalized spacial score (nSPS) is 12.7. The fourth-order valence-corrected chi connectivity index (χ4v) is 10.8. The number of carbonyl (C=O) groups excluding carboxylic acids is 2. The number of amides is 1. The maximum absolute atomic E-state index is 12.5. The Morgan fingerprint density at radius 2 is 0.649 bits per heavy atom. The second kappa shape index (κ2) is 66.6. The first-order chi connectivity index (χ1) is 38.0. The van der Waals surface area contributed by atoms with Crippen LogP contribution in [0.15, 0.2) is 36.5 Å². The van der Waals surface area contributed by atoms with Crippen molar-refractivity contribution < 1.29 is 24.5 Å². The van der Waals surface area contributed by atoms with Crippen molar-refractivity contribution in [2.75, 3.05) is 13.2 Å². The van der Waals surface area contributed by atoms with Crippen LogP contribution >= 0.6 is 0 Å². The van der Waals surface area contributed by atoms with Gasteiger partial charge in [0.15, 0.2) is 0 Å². The first-order valence-corrected chi connectivity index (χ1v) is 34.7. The summed E-state index contributed by atoms with van der Waals surface area (Å²) < 4.78 is 5.47. The lowest BCUT2D eigenvalue weighted by atomic mass is 10.0. The molecule has 0 aromatic carbocycles. The number of ether oxygens (including phenoxy) is 1. The van der Waals surface area contributed by atoms with Crippen LogP contribution in [-0.2, 0) is 14.3 Å². The van der Waals surface area contributed by atoms with Crippen molar-refractivity contribution in [1.29, 1.82) is 0 Å². The number of hydrogen-bond acceptors (Lipinski definition) is 5. The summed E-state index contributed by atoms with van der Waals surface area (Å²) >= 11 is 0. The first kappa shape index (κ1) is 75.1. The number of carbonyl (C=O) groups is 2. The Hall–Kier alpha value is -1.92. The van der Waals surface area contributed by atoms with E-state index in [-0.39, 0.29) is 18.5 Å². The molecule has 77 heavy (non-hydrogen) atoms. The number of aliphatic hydroxyl groups excluding tert-OH is 2. The van der Waals surface area contributed by atoms with E-state index in [4.69, 9.17) is 4.74 Å². The lowest BCUT2D eigenvalue weighted by Crippen LogP contribution is -2.45. The predicted octanol–water partition coefficient (Wildman–Crippen LogP) is 22.3. The number of aliphatic hydroxyl groups is 2. The SMILES string of the molecule is CCCCCC/C=C\CCCCCCCC(=O)OCCCCCCCCCCC/C=C\C/C=C\CCCCCCCCCCCCCCCCCCCC(=O)NC(CO)C(O)CCCCCCCCCCCCCCCC. The Bertz CT molecular complexity index is 1250. The molecule has 6 nitrogen and oxygen atoms in total. The van der Waals surface area contributed by atoms with Crippen LogP contribution in [0.3, 0.4) is 0 Å². The molecule has 0 saturated heterocycles. The Morgan fingerprint density at radius 1 is 0.364 bits per heavy atom. The van der Waals surface area contributed by atoms with Gasteiger partial charge in [-0.05, 0) is 83.5 Å². The van der Waals surface area contributed by atoms with Gasteiger partial charge in [-0.2, -0.15) is 0 Å². The van der Waals surface area contributed by atoms with Gasteiger partial charge in [-0.1, -0.05) is 320 Å². The molecule has 3 N–H and O–H groups in total. The zero-order valence-electron chi connectivity index (χ0n) is 52.0. The number of unbranched alkanes of at least 4 members (excludes halogenated alkanes) is 48. The molecule has 0 aromatic heterocycles. The highest BCUT2D eigenvalue weighted by Crippen LogP contribution is 2.18. The summed E-state index contributed by atoms with van der Waals surface area (Å²) in [6.45, 7) is 4.95. The van der Waals surface area contributed by atoms with E-state index in [0.717, 1.165) is 51.4 Å². The van der Waals surface area contributed by atoms with Crippen LogP contribution < -0.4 is 5.32 Å². The van der Waals surface area contributed by atoms with Gasteiger partial charge in [0.2, 0.25) is 5.91 Å². The molecule has 0 aliphatic carbocycles. The Kier molecular flexibility index (Phi) is 64.9. The van der Waals surface area contributed by atoms with Gasteiger partial charge in [-0.25, -0.2) is 0 Å². The average molecular weight is 1080 g/mol. The summed E-state index contributed by atoms with van der Waals surface area (Å²) in [5.74, 6) is -0.0260. The molecule has 0 aliphatic heterocycles. The zero-order chi connectivity index (χ0) is 55.7. The van der Waals surface area contributed by atoms with Crippen LogP contribution in [0, 0.1) is 0 Å². The van der Waals surface area contributed by atoms with E-state index in [1.807, 2.05) is 0 Å². The van der Waals surface area contributed by atoms with Gasteiger partial charge < -0.3 is 20.3 Å². The smallest absolute Gasteiger partial charge is 0.305 e. The number of esters is 1. The molecule has 0 aliphatic rings. The molecule has 0 aromatic rings. The summed E-state index contributed by atoms with van der Waals surface area (Å²) in [5.41, 5.74) is 0. The molecule has 0 heterocycles. The van der Waals surface area contributed by atoms with Crippen molar-refractivity contribution in [3.63, 3.8) is 0 Å². The summed E-state index contributed by atoms with van der Waals surface area (Å²) in [6.07, 6.45) is 84.8. The molecule has 0 spiro atoms. The van der Waals surface area contributed by atoms with Crippen LogP contribution in [-0.4, -0.2) is 47.4 Å². The average Bonchev–Trinajstić information content (AvgIpc) is 3.43. The summed E-state index contributed by atoms with van der Waals surface area (Å²) in [6, 6.07) is -0.540. The molecule has 0 radical (unpaired) electrons.